The molecule has 0 amide bonds. The highest BCUT2D eigenvalue weighted by Crippen LogP contribution is 2.13. The van der Waals surface area contributed by atoms with E-state index in [0.717, 1.165) is 29.5 Å². The summed E-state index contributed by atoms with van der Waals surface area (Å²) in [6.07, 6.45) is 4.66. The van der Waals surface area contributed by atoms with Gasteiger partial charge in [-0.3, -0.25) is 0 Å². The number of halogens is 1. The molecule has 0 aliphatic heterocycles. The fourth-order valence-corrected chi connectivity index (χ4v) is 2.18. The van der Waals surface area contributed by atoms with Gasteiger partial charge in [-0.1, -0.05) is 28.1 Å². The molecule has 1 aromatic rings. The summed E-state index contributed by atoms with van der Waals surface area (Å²) in [6.45, 7) is 0. The summed E-state index contributed by atoms with van der Waals surface area (Å²) in [6, 6.07) is 8.15. The zero-order chi connectivity index (χ0) is 11.1. The van der Waals surface area contributed by atoms with Crippen LogP contribution in [-0.2, 0) is 6.42 Å². The van der Waals surface area contributed by atoms with Crippen LogP contribution in [0.5, 0.6) is 0 Å². The minimum Gasteiger partial charge on any atom is -0.393 e. The molecule has 0 saturated heterocycles. The summed E-state index contributed by atoms with van der Waals surface area (Å²) < 4.78 is 1.09. The van der Waals surface area contributed by atoms with Gasteiger partial charge in [0.2, 0.25) is 0 Å². The van der Waals surface area contributed by atoms with Crippen molar-refractivity contribution in [2.24, 2.45) is 0 Å². The van der Waals surface area contributed by atoms with Crippen molar-refractivity contribution in [3.8, 4) is 0 Å². The molecule has 15 heavy (non-hydrogen) atoms. The molecule has 1 unspecified atom stereocenters. The standard InChI is InChI=1S/C12H17BrOS/c1-15-8-2-3-12(14)9-10-4-6-11(13)7-5-10/h4-7,12,14H,2-3,8-9H2,1H3. The van der Waals surface area contributed by atoms with Crippen molar-refractivity contribution in [3.63, 3.8) is 0 Å². The maximum Gasteiger partial charge on any atom is 0.0580 e. The first-order valence-electron chi connectivity index (χ1n) is 5.14. The Morgan fingerprint density at radius 1 is 1.33 bits per heavy atom. The normalized spacial score (nSPS) is 12.7. The summed E-state index contributed by atoms with van der Waals surface area (Å²) in [5.74, 6) is 1.14. The van der Waals surface area contributed by atoms with Gasteiger partial charge in [0.15, 0.2) is 0 Å². The van der Waals surface area contributed by atoms with Gasteiger partial charge in [0.25, 0.3) is 0 Å². The first-order chi connectivity index (χ1) is 7.22. The van der Waals surface area contributed by atoms with Crippen LogP contribution in [0.2, 0.25) is 0 Å². The fourth-order valence-electron chi connectivity index (χ4n) is 1.46. The van der Waals surface area contributed by atoms with E-state index in [2.05, 4.69) is 34.3 Å². The molecule has 0 heterocycles. The molecule has 0 aliphatic rings. The minimum absolute atomic E-state index is 0.196. The number of aliphatic hydroxyl groups excluding tert-OH is 1. The fraction of sp³-hybridized carbons (Fsp3) is 0.500. The Balaban J connectivity index is 2.31. The number of benzene rings is 1. The molecule has 0 radical (unpaired) electrons. The molecule has 0 spiro atoms. The molecule has 1 rings (SSSR count). The third kappa shape index (κ3) is 5.59. The number of hydrogen-bond donors (Lipinski definition) is 1. The van der Waals surface area contributed by atoms with Gasteiger partial charge in [0.05, 0.1) is 6.10 Å². The minimum atomic E-state index is -0.196. The lowest BCUT2D eigenvalue weighted by Gasteiger charge is -2.09. The summed E-state index contributed by atoms with van der Waals surface area (Å²) in [5, 5.41) is 9.78. The molecule has 1 N–H and O–H groups in total. The number of aliphatic hydroxyl groups is 1. The van der Waals surface area contributed by atoms with Crippen molar-refractivity contribution in [2.75, 3.05) is 12.0 Å². The molecule has 1 aromatic carbocycles. The van der Waals surface area contributed by atoms with Gasteiger partial charge in [0.1, 0.15) is 0 Å². The second kappa shape index (κ2) is 7.31. The predicted molar refractivity (Wildman–Crippen MR) is 71.5 cm³/mol. The molecule has 0 saturated carbocycles. The molecule has 3 heteroatoms. The van der Waals surface area contributed by atoms with Crippen LogP contribution >= 0.6 is 27.7 Å². The van der Waals surface area contributed by atoms with E-state index in [1.807, 2.05) is 23.9 Å². The maximum absolute atomic E-state index is 9.78. The average molecular weight is 289 g/mol. The molecule has 1 atom stereocenters. The van der Waals surface area contributed by atoms with Gasteiger partial charge < -0.3 is 5.11 Å². The largest absolute Gasteiger partial charge is 0.393 e. The Kier molecular flexibility index (Phi) is 6.37. The van der Waals surface area contributed by atoms with E-state index < -0.39 is 0 Å². The molecule has 0 aliphatic carbocycles. The number of hydrogen-bond acceptors (Lipinski definition) is 2. The SMILES string of the molecule is CSCCCC(O)Cc1ccc(Br)cc1. The smallest absolute Gasteiger partial charge is 0.0580 e. The van der Waals surface area contributed by atoms with E-state index in [0.29, 0.717) is 0 Å². The van der Waals surface area contributed by atoms with Crippen LogP contribution in [0.25, 0.3) is 0 Å². The highest BCUT2D eigenvalue weighted by molar-refractivity contribution is 9.10. The van der Waals surface area contributed by atoms with Crippen molar-refractivity contribution >= 4 is 27.7 Å². The third-order valence-corrected chi connectivity index (χ3v) is 3.50. The van der Waals surface area contributed by atoms with Crippen LogP contribution in [0.15, 0.2) is 28.7 Å². The number of rotatable bonds is 6. The van der Waals surface area contributed by atoms with Gasteiger partial charge in [0, 0.05) is 4.47 Å². The molecular weight excluding hydrogens is 272 g/mol. The van der Waals surface area contributed by atoms with Crippen LogP contribution in [0.3, 0.4) is 0 Å². The summed E-state index contributed by atoms with van der Waals surface area (Å²) in [4.78, 5) is 0. The van der Waals surface area contributed by atoms with Gasteiger partial charge >= 0.3 is 0 Å². The highest BCUT2D eigenvalue weighted by Gasteiger charge is 2.04. The molecule has 1 nitrogen and oxygen atoms in total. The zero-order valence-electron chi connectivity index (χ0n) is 8.95. The molecular formula is C12H17BrOS. The summed E-state index contributed by atoms with van der Waals surface area (Å²) in [7, 11) is 0. The van der Waals surface area contributed by atoms with Crippen LogP contribution in [-0.4, -0.2) is 23.2 Å². The topological polar surface area (TPSA) is 20.2 Å². The van der Waals surface area contributed by atoms with Crippen molar-refractivity contribution in [3.05, 3.63) is 34.3 Å². The Hall–Kier alpha value is 0.01000. The second-order valence-corrected chi connectivity index (χ2v) is 5.52. The van der Waals surface area contributed by atoms with E-state index in [4.69, 9.17) is 0 Å². The lowest BCUT2D eigenvalue weighted by Crippen LogP contribution is -2.10. The van der Waals surface area contributed by atoms with E-state index in [9.17, 15) is 5.11 Å². The summed E-state index contributed by atoms with van der Waals surface area (Å²) in [5.41, 5.74) is 1.20. The molecule has 0 bridgehead atoms. The van der Waals surface area contributed by atoms with Crippen molar-refractivity contribution in [1.29, 1.82) is 0 Å². The average Bonchev–Trinajstić information content (AvgIpc) is 2.22. The Bertz CT molecular complexity index is 273. The summed E-state index contributed by atoms with van der Waals surface area (Å²) >= 11 is 5.23. The zero-order valence-corrected chi connectivity index (χ0v) is 11.4. The Morgan fingerprint density at radius 2 is 2.00 bits per heavy atom. The first-order valence-corrected chi connectivity index (χ1v) is 7.32. The lowest BCUT2D eigenvalue weighted by atomic mass is 10.1. The predicted octanol–water partition coefficient (Wildman–Crippen LogP) is 3.50. The monoisotopic (exact) mass is 288 g/mol. The van der Waals surface area contributed by atoms with Crippen molar-refractivity contribution < 1.29 is 5.11 Å². The lowest BCUT2D eigenvalue weighted by molar-refractivity contribution is 0.164. The molecule has 0 fully saturated rings. The quantitative estimate of drug-likeness (QED) is 0.809. The van der Waals surface area contributed by atoms with Gasteiger partial charge in [-0.25, -0.2) is 0 Å². The van der Waals surface area contributed by atoms with Crippen LogP contribution in [0.4, 0.5) is 0 Å². The van der Waals surface area contributed by atoms with E-state index in [-0.39, 0.29) is 6.10 Å². The molecule has 84 valence electrons. The van der Waals surface area contributed by atoms with Crippen molar-refractivity contribution in [2.45, 2.75) is 25.4 Å². The Morgan fingerprint density at radius 3 is 2.60 bits per heavy atom. The van der Waals surface area contributed by atoms with Gasteiger partial charge in [-0.2, -0.15) is 11.8 Å². The number of thioether (sulfide) groups is 1. The van der Waals surface area contributed by atoms with Crippen molar-refractivity contribution in [1.82, 2.24) is 0 Å². The molecule has 0 aromatic heterocycles. The van der Waals surface area contributed by atoms with Gasteiger partial charge in [-0.05, 0) is 49.0 Å². The van der Waals surface area contributed by atoms with Crippen LogP contribution in [0.1, 0.15) is 18.4 Å². The third-order valence-electron chi connectivity index (χ3n) is 2.27. The van der Waals surface area contributed by atoms with Crippen LogP contribution < -0.4 is 0 Å². The van der Waals surface area contributed by atoms with E-state index in [1.54, 1.807) is 0 Å². The Labute approximate surface area is 104 Å². The second-order valence-electron chi connectivity index (χ2n) is 3.62. The van der Waals surface area contributed by atoms with Gasteiger partial charge in [-0.15, -0.1) is 0 Å². The van der Waals surface area contributed by atoms with Crippen LogP contribution in [0, 0.1) is 0 Å². The van der Waals surface area contributed by atoms with E-state index in [1.165, 1.54) is 5.56 Å². The first kappa shape index (κ1) is 13.1. The maximum atomic E-state index is 9.78. The van der Waals surface area contributed by atoms with E-state index >= 15 is 0 Å². The highest BCUT2D eigenvalue weighted by atomic mass is 79.9.